The van der Waals surface area contributed by atoms with Crippen LogP contribution < -0.4 is 5.32 Å². The average molecular weight is 226 g/mol. The number of carbonyl (C=O) groups excluding carboxylic acids is 1. The van der Waals surface area contributed by atoms with E-state index < -0.39 is 0 Å². The van der Waals surface area contributed by atoms with E-state index in [4.69, 9.17) is 0 Å². The third-order valence-corrected chi connectivity index (χ3v) is 3.91. The number of nitrogens with one attached hydrogen (secondary N) is 1. The van der Waals surface area contributed by atoms with E-state index in [1.54, 1.807) is 0 Å². The fourth-order valence-corrected chi connectivity index (χ4v) is 2.87. The first-order valence-corrected chi connectivity index (χ1v) is 6.38. The highest BCUT2D eigenvalue weighted by Crippen LogP contribution is 2.22. The molecule has 2 fully saturated rings. The summed E-state index contributed by atoms with van der Waals surface area (Å²) in [5.41, 5.74) is 0. The predicted octanol–water partition coefficient (Wildman–Crippen LogP) is 0.358. The molecule has 0 aromatic rings. The van der Waals surface area contributed by atoms with Crippen LogP contribution in [0.2, 0.25) is 0 Å². The molecule has 0 aliphatic carbocycles. The Morgan fingerprint density at radius 1 is 1.44 bits per heavy atom. The minimum Gasteiger partial charge on any atom is -0.394 e. The average Bonchev–Trinajstić information content (AvgIpc) is 2.77. The number of amides is 1. The van der Waals surface area contributed by atoms with E-state index in [0.717, 1.165) is 38.8 Å². The molecule has 2 saturated heterocycles. The summed E-state index contributed by atoms with van der Waals surface area (Å²) in [5, 5.41) is 12.6. The summed E-state index contributed by atoms with van der Waals surface area (Å²) >= 11 is 0. The van der Waals surface area contributed by atoms with Crippen LogP contribution in [0.1, 0.15) is 32.6 Å². The molecule has 2 aliphatic rings. The van der Waals surface area contributed by atoms with Crippen molar-refractivity contribution < 1.29 is 9.90 Å². The van der Waals surface area contributed by atoms with Gasteiger partial charge >= 0.3 is 0 Å². The first-order chi connectivity index (χ1) is 7.74. The number of likely N-dealkylation sites (tertiary alicyclic amines) is 1. The van der Waals surface area contributed by atoms with Gasteiger partial charge in [-0.2, -0.15) is 0 Å². The molecule has 92 valence electrons. The van der Waals surface area contributed by atoms with Crippen LogP contribution in [-0.2, 0) is 4.79 Å². The van der Waals surface area contributed by atoms with Gasteiger partial charge in [0.25, 0.3) is 0 Å². The molecule has 4 heteroatoms. The topological polar surface area (TPSA) is 52.6 Å². The predicted molar refractivity (Wildman–Crippen MR) is 62.0 cm³/mol. The standard InChI is InChI=1S/C12H22N2O2/c1-9-4-2-6-13-11(9)12(16)14-7-3-5-10(14)8-15/h9-11,13,15H,2-8H2,1H3/t9?,10-,11?/m0/s1. The number of rotatable bonds is 2. The third-order valence-electron chi connectivity index (χ3n) is 3.91. The Bertz CT molecular complexity index is 253. The Labute approximate surface area is 97.0 Å². The lowest BCUT2D eigenvalue weighted by molar-refractivity contribution is -0.136. The monoisotopic (exact) mass is 226 g/mol. The van der Waals surface area contributed by atoms with Crippen LogP contribution in [0, 0.1) is 5.92 Å². The van der Waals surface area contributed by atoms with Gasteiger partial charge in [-0.1, -0.05) is 6.92 Å². The Kier molecular flexibility index (Phi) is 3.82. The van der Waals surface area contributed by atoms with Crippen molar-refractivity contribution in [2.24, 2.45) is 5.92 Å². The van der Waals surface area contributed by atoms with E-state index in [9.17, 15) is 9.90 Å². The maximum atomic E-state index is 12.3. The van der Waals surface area contributed by atoms with E-state index in [1.165, 1.54) is 0 Å². The van der Waals surface area contributed by atoms with Crippen molar-refractivity contribution in [3.63, 3.8) is 0 Å². The SMILES string of the molecule is CC1CCCNC1C(=O)N1CCC[C@H]1CO. The molecule has 0 bridgehead atoms. The van der Waals surface area contributed by atoms with Crippen molar-refractivity contribution in [2.75, 3.05) is 19.7 Å². The summed E-state index contributed by atoms with van der Waals surface area (Å²) in [5.74, 6) is 0.616. The minimum absolute atomic E-state index is 0.0269. The van der Waals surface area contributed by atoms with Crippen molar-refractivity contribution in [3.8, 4) is 0 Å². The second-order valence-electron chi connectivity index (χ2n) is 5.06. The van der Waals surface area contributed by atoms with Gasteiger partial charge in [-0.05, 0) is 38.1 Å². The van der Waals surface area contributed by atoms with Crippen LogP contribution in [0.15, 0.2) is 0 Å². The zero-order chi connectivity index (χ0) is 11.5. The second-order valence-corrected chi connectivity index (χ2v) is 5.06. The van der Waals surface area contributed by atoms with Crippen molar-refractivity contribution in [3.05, 3.63) is 0 Å². The van der Waals surface area contributed by atoms with Gasteiger partial charge < -0.3 is 15.3 Å². The minimum atomic E-state index is -0.0269. The van der Waals surface area contributed by atoms with Gasteiger partial charge in [-0.15, -0.1) is 0 Å². The number of hydrogen-bond acceptors (Lipinski definition) is 3. The van der Waals surface area contributed by atoms with Crippen molar-refractivity contribution >= 4 is 5.91 Å². The van der Waals surface area contributed by atoms with Gasteiger partial charge in [0.2, 0.25) is 5.91 Å². The zero-order valence-electron chi connectivity index (χ0n) is 9.98. The molecule has 16 heavy (non-hydrogen) atoms. The summed E-state index contributed by atoms with van der Waals surface area (Å²) < 4.78 is 0. The molecule has 0 aromatic heterocycles. The first kappa shape index (κ1) is 11.9. The Hall–Kier alpha value is -0.610. The maximum Gasteiger partial charge on any atom is 0.240 e. The summed E-state index contributed by atoms with van der Waals surface area (Å²) in [6.07, 6.45) is 4.26. The highest BCUT2D eigenvalue weighted by Gasteiger charge is 2.35. The first-order valence-electron chi connectivity index (χ1n) is 6.38. The molecule has 0 aromatic carbocycles. The van der Waals surface area contributed by atoms with Crippen LogP contribution in [0.4, 0.5) is 0 Å². The third kappa shape index (κ3) is 2.23. The van der Waals surface area contributed by atoms with Crippen LogP contribution in [-0.4, -0.2) is 47.7 Å². The van der Waals surface area contributed by atoms with Crippen LogP contribution in [0.5, 0.6) is 0 Å². The normalized spacial score (nSPS) is 35.4. The van der Waals surface area contributed by atoms with E-state index in [1.807, 2.05) is 4.90 Å². The van der Waals surface area contributed by atoms with Crippen LogP contribution in [0.3, 0.4) is 0 Å². The molecule has 1 amide bonds. The van der Waals surface area contributed by atoms with Gasteiger partial charge in [-0.25, -0.2) is 0 Å². The molecule has 4 nitrogen and oxygen atoms in total. The van der Waals surface area contributed by atoms with Crippen molar-refractivity contribution in [2.45, 2.75) is 44.7 Å². The summed E-state index contributed by atoms with van der Waals surface area (Å²) in [6.45, 7) is 4.00. The number of nitrogens with zero attached hydrogens (tertiary/aromatic N) is 1. The van der Waals surface area contributed by atoms with Crippen molar-refractivity contribution in [1.82, 2.24) is 10.2 Å². The quantitative estimate of drug-likeness (QED) is 0.715. The van der Waals surface area contributed by atoms with Gasteiger partial charge in [0.1, 0.15) is 0 Å². The largest absolute Gasteiger partial charge is 0.394 e. The highest BCUT2D eigenvalue weighted by atomic mass is 16.3. The van der Waals surface area contributed by atoms with E-state index >= 15 is 0 Å². The lowest BCUT2D eigenvalue weighted by Crippen LogP contribution is -2.53. The molecule has 2 N–H and O–H groups in total. The maximum absolute atomic E-state index is 12.3. The number of aliphatic hydroxyl groups is 1. The molecular weight excluding hydrogens is 204 g/mol. The molecule has 2 heterocycles. The number of piperidine rings is 1. The molecular formula is C12H22N2O2. The van der Waals surface area contributed by atoms with Crippen LogP contribution >= 0.6 is 0 Å². The fraction of sp³-hybridized carbons (Fsp3) is 0.917. The molecule has 2 rings (SSSR count). The number of hydrogen-bond donors (Lipinski definition) is 2. The summed E-state index contributed by atoms with van der Waals surface area (Å²) in [4.78, 5) is 14.2. The van der Waals surface area contributed by atoms with Gasteiger partial charge in [0, 0.05) is 6.54 Å². The molecule has 0 spiro atoms. The smallest absolute Gasteiger partial charge is 0.240 e. The molecule has 2 aliphatic heterocycles. The molecule has 0 saturated carbocycles. The zero-order valence-corrected chi connectivity index (χ0v) is 9.98. The van der Waals surface area contributed by atoms with E-state index in [0.29, 0.717) is 5.92 Å². The summed E-state index contributed by atoms with van der Waals surface area (Å²) in [6, 6.07) is 0.0318. The Morgan fingerprint density at radius 2 is 2.25 bits per heavy atom. The van der Waals surface area contributed by atoms with E-state index in [2.05, 4.69) is 12.2 Å². The Morgan fingerprint density at radius 3 is 2.94 bits per heavy atom. The van der Waals surface area contributed by atoms with Gasteiger partial charge in [0.15, 0.2) is 0 Å². The van der Waals surface area contributed by atoms with Gasteiger partial charge in [0.05, 0.1) is 18.7 Å². The molecule has 2 unspecified atom stereocenters. The lowest BCUT2D eigenvalue weighted by atomic mass is 9.91. The van der Waals surface area contributed by atoms with Crippen LogP contribution in [0.25, 0.3) is 0 Å². The number of aliphatic hydroxyl groups excluding tert-OH is 1. The number of carbonyl (C=O) groups is 1. The Balaban J connectivity index is 2.00. The molecule has 0 radical (unpaired) electrons. The molecule has 3 atom stereocenters. The summed E-state index contributed by atoms with van der Waals surface area (Å²) in [7, 11) is 0. The highest BCUT2D eigenvalue weighted by molar-refractivity contribution is 5.83. The second kappa shape index (κ2) is 5.15. The van der Waals surface area contributed by atoms with Crippen molar-refractivity contribution in [1.29, 1.82) is 0 Å². The van der Waals surface area contributed by atoms with E-state index in [-0.39, 0.29) is 24.6 Å². The fourth-order valence-electron chi connectivity index (χ4n) is 2.87. The van der Waals surface area contributed by atoms with Gasteiger partial charge in [-0.3, -0.25) is 4.79 Å². The lowest BCUT2D eigenvalue weighted by Gasteiger charge is -2.34.